The summed E-state index contributed by atoms with van der Waals surface area (Å²) >= 11 is 5.18. The van der Waals surface area contributed by atoms with Crippen molar-refractivity contribution in [3.63, 3.8) is 0 Å². The minimum atomic E-state index is 0.0529. The molecule has 94 valence electrons. The zero-order valence-corrected chi connectivity index (χ0v) is 12.2. The molecular weight excluding hydrogens is 302 g/mol. The van der Waals surface area contributed by atoms with Crippen LogP contribution >= 0.6 is 27.3 Å². The van der Waals surface area contributed by atoms with Crippen LogP contribution in [0.15, 0.2) is 15.9 Å². The third-order valence-electron chi connectivity index (χ3n) is 2.85. The molecule has 17 heavy (non-hydrogen) atoms. The molecule has 0 bridgehead atoms. The summed E-state index contributed by atoms with van der Waals surface area (Å²) in [5.74, 6) is 0.396. The van der Waals surface area contributed by atoms with Gasteiger partial charge in [-0.25, -0.2) is 0 Å². The van der Waals surface area contributed by atoms with Crippen LogP contribution in [0.1, 0.15) is 11.3 Å². The van der Waals surface area contributed by atoms with Gasteiger partial charge in [-0.1, -0.05) is 0 Å². The van der Waals surface area contributed by atoms with Crippen LogP contribution in [0.4, 0.5) is 0 Å². The molecule has 0 amide bonds. The van der Waals surface area contributed by atoms with Crippen molar-refractivity contribution in [2.75, 3.05) is 26.8 Å². The Morgan fingerprint density at radius 2 is 2.47 bits per heavy atom. The maximum atomic E-state index is 11.7. The molecule has 0 aromatic carbocycles. The molecule has 1 unspecified atom stereocenters. The van der Waals surface area contributed by atoms with Gasteiger partial charge in [0, 0.05) is 34.2 Å². The van der Waals surface area contributed by atoms with Crippen LogP contribution in [0.2, 0.25) is 0 Å². The smallest absolute Gasteiger partial charge is 0.141 e. The van der Waals surface area contributed by atoms with Gasteiger partial charge in [0.1, 0.15) is 5.78 Å². The Hall–Kier alpha value is -0.230. The number of rotatable bonds is 4. The minimum absolute atomic E-state index is 0.0529. The zero-order valence-electron chi connectivity index (χ0n) is 9.82. The Morgan fingerprint density at radius 1 is 1.65 bits per heavy atom. The van der Waals surface area contributed by atoms with Crippen LogP contribution in [-0.4, -0.2) is 37.5 Å². The number of ether oxygens (including phenoxy) is 1. The van der Waals surface area contributed by atoms with Crippen molar-refractivity contribution >= 4 is 33.0 Å². The molecule has 2 heterocycles. The summed E-state index contributed by atoms with van der Waals surface area (Å²) in [7, 11) is 2.05. The largest absolute Gasteiger partial charge is 0.380 e. The highest BCUT2D eigenvalue weighted by molar-refractivity contribution is 9.10. The molecule has 0 spiro atoms. The van der Waals surface area contributed by atoms with Crippen molar-refractivity contribution in [1.29, 1.82) is 0 Å². The van der Waals surface area contributed by atoms with E-state index in [0.29, 0.717) is 25.4 Å². The number of halogens is 1. The second-order valence-corrected chi connectivity index (χ2v) is 6.33. The number of ketones is 1. The van der Waals surface area contributed by atoms with Gasteiger partial charge in [-0.3, -0.25) is 4.79 Å². The second kappa shape index (κ2) is 6.09. The van der Waals surface area contributed by atoms with Gasteiger partial charge in [-0.05, 0) is 29.0 Å². The Balaban J connectivity index is 1.84. The average molecular weight is 318 g/mol. The fraction of sp³-hybridized carbons (Fsp3) is 0.583. The van der Waals surface area contributed by atoms with Crippen LogP contribution < -0.4 is 0 Å². The van der Waals surface area contributed by atoms with E-state index < -0.39 is 0 Å². The normalized spacial score (nSPS) is 21.1. The molecule has 2 rings (SSSR count). The minimum Gasteiger partial charge on any atom is -0.380 e. The fourth-order valence-electron chi connectivity index (χ4n) is 1.99. The SMILES string of the molecule is CN(Cc1cc(Br)cs1)CC1COCCC1=O. The van der Waals surface area contributed by atoms with Crippen molar-refractivity contribution in [2.45, 2.75) is 13.0 Å². The summed E-state index contributed by atoms with van der Waals surface area (Å²) in [5, 5.41) is 2.08. The molecule has 1 aliphatic rings. The standard InChI is InChI=1S/C12H16BrNO2S/c1-14(6-11-4-10(13)8-17-11)5-9-7-16-3-2-12(9)15/h4,8-9H,2-3,5-7H2,1H3. The first-order valence-electron chi connectivity index (χ1n) is 5.67. The van der Waals surface area contributed by atoms with Crippen LogP contribution in [0.5, 0.6) is 0 Å². The maximum absolute atomic E-state index is 11.7. The van der Waals surface area contributed by atoms with E-state index in [-0.39, 0.29) is 5.92 Å². The van der Waals surface area contributed by atoms with E-state index >= 15 is 0 Å². The quantitative estimate of drug-likeness (QED) is 0.854. The molecule has 5 heteroatoms. The van der Waals surface area contributed by atoms with Gasteiger partial charge >= 0.3 is 0 Å². The van der Waals surface area contributed by atoms with Gasteiger partial charge in [0.05, 0.1) is 19.1 Å². The number of hydrogen-bond acceptors (Lipinski definition) is 4. The molecule has 1 fully saturated rings. The third-order valence-corrected chi connectivity index (χ3v) is 4.53. The molecule has 1 aromatic rings. The van der Waals surface area contributed by atoms with Crippen LogP contribution in [0.25, 0.3) is 0 Å². The van der Waals surface area contributed by atoms with Gasteiger partial charge in [0.15, 0.2) is 0 Å². The lowest BCUT2D eigenvalue weighted by molar-refractivity contribution is -0.131. The first kappa shape index (κ1) is 13.2. The average Bonchev–Trinajstić information content (AvgIpc) is 2.67. The number of carbonyl (C=O) groups is 1. The van der Waals surface area contributed by atoms with E-state index in [0.717, 1.165) is 17.6 Å². The maximum Gasteiger partial charge on any atom is 0.141 e. The topological polar surface area (TPSA) is 29.5 Å². The molecule has 1 saturated heterocycles. The molecule has 1 aliphatic heterocycles. The number of hydrogen-bond donors (Lipinski definition) is 0. The van der Waals surface area contributed by atoms with Crippen LogP contribution in [-0.2, 0) is 16.1 Å². The van der Waals surface area contributed by atoms with Crippen LogP contribution in [0.3, 0.4) is 0 Å². The first-order chi connectivity index (χ1) is 8.15. The molecule has 0 N–H and O–H groups in total. The molecule has 0 radical (unpaired) electrons. The van der Waals surface area contributed by atoms with Gasteiger partial charge in [-0.15, -0.1) is 11.3 Å². The van der Waals surface area contributed by atoms with E-state index in [2.05, 4.69) is 39.3 Å². The van der Waals surface area contributed by atoms with Crippen molar-refractivity contribution < 1.29 is 9.53 Å². The van der Waals surface area contributed by atoms with E-state index in [9.17, 15) is 4.79 Å². The summed E-state index contributed by atoms with van der Waals surface area (Å²) in [6, 6.07) is 2.13. The second-order valence-electron chi connectivity index (χ2n) is 4.42. The summed E-state index contributed by atoms with van der Waals surface area (Å²) in [5.41, 5.74) is 0. The monoisotopic (exact) mass is 317 g/mol. The number of nitrogens with zero attached hydrogens (tertiary/aromatic N) is 1. The van der Waals surface area contributed by atoms with E-state index in [1.54, 1.807) is 11.3 Å². The van der Waals surface area contributed by atoms with Gasteiger partial charge in [0.2, 0.25) is 0 Å². The number of carbonyl (C=O) groups excluding carboxylic acids is 1. The predicted octanol–water partition coefficient (Wildman–Crippen LogP) is 2.55. The highest BCUT2D eigenvalue weighted by Crippen LogP contribution is 2.21. The lowest BCUT2D eigenvalue weighted by atomic mass is 10.0. The summed E-state index contributed by atoms with van der Waals surface area (Å²) in [4.78, 5) is 15.2. The lowest BCUT2D eigenvalue weighted by Crippen LogP contribution is -2.36. The number of Topliss-reactive ketones (excluding diaryl/α,β-unsaturated/α-hetero) is 1. The predicted molar refractivity (Wildman–Crippen MR) is 72.3 cm³/mol. The van der Waals surface area contributed by atoms with Crippen LogP contribution in [0, 0.1) is 5.92 Å². The zero-order chi connectivity index (χ0) is 12.3. The van der Waals surface area contributed by atoms with E-state index in [4.69, 9.17) is 4.74 Å². The summed E-state index contributed by atoms with van der Waals surface area (Å²) in [6.07, 6.45) is 0.572. The Bertz CT molecular complexity index is 394. The Kier molecular flexibility index (Phi) is 4.73. The molecule has 0 aliphatic carbocycles. The van der Waals surface area contributed by atoms with Gasteiger partial charge in [0.25, 0.3) is 0 Å². The van der Waals surface area contributed by atoms with Crippen molar-refractivity contribution in [2.24, 2.45) is 5.92 Å². The van der Waals surface area contributed by atoms with Gasteiger partial charge < -0.3 is 9.64 Å². The van der Waals surface area contributed by atoms with E-state index in [1.807, 2.05) is 0 Å². The van der Waals surface area contributed by atoms with Gasteiger partial charge in [-0.2, -0.15) is 0 Å². The molecule has 0 saturated carbocycles. The molecule has 3 nitrogen and oxygen atoms in total. The Labute approximate surface area is 114 Å². The number of thiophene rings is 1. The van der Waals surface area contributed by atoms with Crippen molar-refractivity contribution in [1.82, 2.24) is 4.90 Å². The molecular formula is C12H16BrNO2S. The highest BCUT2D eigenvalue weighted by atomic mass is 79.9. The fourth-order valence-corrected chi connectivity index (χ4v) is 3.52. The summed E-state index contributed by atoms with van der Waals surface area (Å²) in [6.45, 7) is 2.85. The Morgan fingerprint density at radius 3 is 3.12 bits per heavy atom. The molecule has 1 atom stereocenters. The molecule has 1 aromatic heterocycles. The lowest BCUT2D eigenvalue weighted by Gasteiger charge is -2.25. The van der Waals surface area contributed by atoms with E-state index in [1.165, 1.54) is 4.88 Å². The summed E-state index contributed by atoms with van der Waals surface area (Å²) < 4.78 is 6.48. The van der Waals surface area contributed by atoms with Crippen molar-refractivity contribution in [3.05, 3.63) is 20.8 Å². The van der Waals surface area contributed by atoms with Crippen molar-refractivity contribution in [3.8, 4) is 0 Å². The first-order valence-corrected chi connectivity index (χ1v) is 7.34. The third kappa shape index (κ3) is 3.88. The highest BCUT2D eigenvalue weighted by Gasteiger charge is 2.24.